The lowest BCUT2D eigenvalue weighted by Crippen LogP contribution is -2.37. The summed E-state index contributed by atoms with van der Waals surface area (Å²) >= 11 is 4.86. The van der Waals surface area contributed by atoms with Crippen LogP contribution in [0.2, 0.25) is 0 Å². The summed E-state index contributed by atoms with van der Waals surface area (Å²) in [6, 6.07) is 10.3. The van der Waals surface area contributed by atoms with Crippen LogP contribution in [0, 0.1) is 0 Å². The molecule has 1 aliphatic heterocycles. The fraction of sp³-hybridized carbons (Fsp3) is 0.235. The summed E-state index contributed by atoms with van der Waals surface area (Å²) in [5, 5.41) is 6.02. The van der Waals surface area contributed by atoms with Crippen molar-refractivity contribution in [3.05, 3.63) is 56.7 Å². The van der Waals surface area contributed by atoms with Crippen molar-refractivity contribution in [3.8, 4) is 0 Å². The molecule has 0 aliphatic carbocycles. The first-order valence-electron chi connectivity index (χ1n) is 7.45. The van der Waals surface area contributed by atoms with Crippen LogP contribution in [0.1, 0.15) is 28.1 Å². The van der Waals surface area contributed by atoms with Crippen molar-refractivity contribution in [2.75, 3.05) is 6.61 Å². The second kappa shape index (κ2) is 7.27. The van der Waals surface area contributed by atoms with Crippen LogP contribution >= 0.6 is 27.3 Å². The normalized spacial score (nSPS) is 19.5. The second-order valence-electron chi connectivity index (χ2n) is 5.19. The molecule has 0 amide bonds. The van der Waals surface area contributed by atoms with Gasteiger partial charge in [-0.05, 0) is 30.5 Å². The Hall–Kier alpha value is -1.99. The smallest absolute Gasteiger partial charge is 0.355 e. The van der Waals surface area contributed by atoms with Crippen LogP contribution in [0.15, 0.2) is 51.4 Å². The second-order valence-corrected chi connectivity index (χ2v) is 7.09. The lowest BCUT2D eigenvalue weighted by molar-refractivity contribution is -0.135. The molecule has 2 heterocycles. The number of carbonyl (C=O) groups is 2. The summed E-state index contributed by atoms with van der Waals surface area (Å²) in [4.78, 5) is 26.0. The Morgan fingerprint density at radius 1 is 1.33 bits per heavy atom. The summed E-state index contributed by atoms with van der Waals surface area (Å²) in [6.45, 7) is 2.00. The molecule has 1 N–H and O–H groups in total. The topological polar surface area (TPSA) is 67.8 Å². The third-order valence-electron chi connectivity index (χ3n) is 3.68. The van der Waals surface area contributed by atoms with Gasteiger partial charge in [-0.2, -0.15) is 5.10 Å². The van der Waals surface area contributed by atoms with Crippen LogP contribution < -0.4 is 5.43 Å². The molecule has 2 atom stereocenters. The first-order chi connectivity index (χ1) is 11.6. The number of carbonyl (C=O) groups excluding carboxylic acids is 2. The fourth-order valence-electron chi connectivity index (χ4n) is 2.62. The van der Waals surface area contributed by atoms with E-state index >= 15 is 0 Å². The average molecular weight is 407 g/mol. The maximum Gasteiger partial charge on any atom is 0.355 e. The number of thiophene rings is 1. The number of halogens is 1. The molecule has 1 aromatic carbocycles. The van der Waals surface area contributed by atoms with Crippen molar-refractivity contribution < 1.29 is 14.3 Å². The number of hydrazone groups is 1. The maximum atomic E-state index is 12.9. The minimum absolute atomic E-state index is 0.113. The lowest BCUT2D eigenvalue weighted by Gasteiger charge is -2.18. The number of Topliss-reactive ketones (excluding diaryl/α,β-unsaturated/α-hetero) is 1. The zero-order valence-electron chi connectivity index (χ0n) is 12.9. The van der Waals surface area contributed by atoms with Crippen LogP contribution in [0.25, 0.3) is 0 Å². The van der Waals surface area contributed by atoms with Crippen molar-refractivity contribution in [3.63, 3.8) is 0 Å². The van der Waals surface area contributed by atoms with Gasteiger partial charge in [-0.15, -0.1) is 11.3 Å². The Kier molecular flexibility index (Phi) is 5.11. The molecule has 1 aliphatic rings. The molecule has 1 aromatic heterocycles. The van der Waals surface area contributed by atoms with E-state index in [-0.39, 0.29) is 18.1 Å². The molecule has 7 heteroatoms. The molecule has 0 radical (unpaired) electrons. The largest absolute Gasteiger partial charge is 0.461 e. The van der Waals surface area contributed by atoms with E-state index in [2.05, 4.69) is 26.5 Å². The molecule has 2 unspecified atom stereocenters. The maximum absolute atomic E-state index is 12.9. The number of ether oxygens (including phenoxy) is 1. The lowest BCUT2D eigenvalue weighted by atomic mass is 9.89. The van der Waals surface area contributed by atoms with Crippen molar-refractivity contribution in [1.29, 1.82) is 0 Å². The zero-order valence-corrected chi connectivity index (χ0v) is 15.3. The third-order valence-corrected chi connectivity index (χ3v) is 5.13. The van der Waals surface area contributed by atoms with Crippen LogP contribution in [-0.4, -0.2) is 30.1 Å². The van der Waals surface area contributed by atoms with Crippen LogP contribution in [-0.2, 0) is 9.53 Å². The van der Waals surface area contributed by atoms with Gasteiger partial charge in [-0.3, -0.25) is 10.2 Å². The Morgan fingerprint density at radius 2 is 2.17 bits per heavy atom. The minimum Gasteiger partial charge on any atom is -0.461 e. The molecular formula is C17H15BrN2O3S. The van der Waals surface area contributed by atoms with Gasteiger partial charge in [0.15, 0.2) is 11.5 Å². The first kappa shape index (κ1) is 16.9. The van der Waals surface area contributed by atoms with Crippen molar-refractivity contribution in [2.24, 2.45) is 5.10 Å². The molecule has 0 bridgehead atoms. The summed E-state index contributed by atoms with van der Waals surface area (Å²) < 4.78 is 5.91. The summed E-state index contributed by atoms with van der Waals surface area (Å²) in [7, 11) is 0. The molecule has 0 spiro atoms. The van der Waals surface area contributed by atoms with Gasteiger partial charge in [-0.25, -0.2) is 4.79 Å². The van der Waals surface area contributed by atoms with E-state index in [9.17, 15) is 9.59 Å². The zero-order chi connectivity index (χ0) is 17.1. The van der Waals surface area contributed by atoms with Gasteiger partial charge in [-0.1, -0.05) is 34.1 Å². The van der Waals surface area contributed by atoms with Gasteiger partial charge in [0.2, 0.25) is 0 Å². The highest BCUT2D eigenvalue weighted by Crippen LogP contribution is 2.32. The van der Waals surface area contributed by atoms with E-state index in [1.54, 1.807) is 25.1 Å². The van der Waals surface area contributed by atoms with E-state index in [1.807, 2.05) is 23.6 Å². The first-order valence-corrected chi connectivity index (χ1v) is 9.12. The highest BCUT2D eigenvalue weighted by Gasteiger charge is 2.42. The molecular weight excluding hydrogens is 392 g/mol. The number of hydrogen-bond acceptors (Lipinski definition) is 6. The number of hydrogen-bond donors (Lipinski definition) is 1. The van der Waals surface area contributed by atoms with E-state index in [1.165, 1.54) is 11.3 Å². The predicted molar refractivity (Wildman–Crippen MR) is 96.5 cm³/mol. The Balaban J connectivity index is 1.93. The number of benzene rings is 1. The number of esters is 1. The Bertz CT molecular complexity index is 789. The molecule has 0 saturated carbocycles. The predicted octanol–water partition coefficient (Wildman–Crippen LogP) is 3.37. The number of rotatable bonds is 5. The Morgan fingerprint density at radius 3 is 2.83 bits per heavy atom. The molecule has 2 aromatic rings. The van der Waals surface area contributed by atoms with Crippen LogP contribution in [0.3, 0.4) is 0 Å². The van der Waals surface area contributed by atoms with Gasteiger partial charge in [0.25, 0.3) is 0 Å². The number of ketones is 1. The highest BCUT2D eigenvalue weighted by molar-refractivity contribution is 9.10. The van der Waals surface area contributed by atoms with E-state index in [4.69, 9.17) is 4.74 Å². The molecule has 5 nitrogen and oxygen atoms in total. The Labute approximate surface area is 151 Å². The van der Waals surface area contributed by atoms with Gasteiger partial charge >= 0.3 is 5.97 Å². The molecule has 0 saturated heterocycles. The quantitative estimate of drug-likeness (QED) is 0.610. The average Bonchev–Trinajstić information content (AvgIpc) is 3.23. The summed E-state index contributed by atoms with van der Waals surface area (Å²) in [5.74, 6) is -1.05. The van der Waals surface area contributed by atoms with Crippen molar-refractivity contribution >= 4 is 44.7 Å². The molecule has 124 valence electrons. The monoisotopic (exact) mass is 406 g/mol. The van der Waals surface area contributed by atoms with Gasteiger partial charge in [0.1, 0.15) is 6.04 Å². The molecule has 3 rings (SSSR count). The molecule has 0 fully saturated rings. The highest BCUT2D eigenvalue weighted by atomic mass is 79.9. The van der Waals surface area contributed by atoms with Crippen molar-refractivity contribution in [2.45, 2.75) is 18.9 Å². The van der Waals surface area contributed by atoms with Crippen LogP contribution in [0.4, 0.5) is 0 Å². The summed E-state index contributed by atoms with van der Waals surface area (Å²) in [6.07, 6.45) is 0. The van der Waals surface area contributed by atoms with E-state index in [0.717, 1.165) is 9.35 Å². The number of nitrogens with one attached hydrogen (secondary N) is 1. The summed E-state index contributed by atoms with van der Waals surface area (Å²) in [5.41, 5.74) is 3.63. The minimum atomic E-state index is -0.627. The van der Waals surface area contributed by atoms with E-state index < -0.39 is 17.9 Å². The fourth-order valence-corrected chi connectivity index (χ4v) is 3.88. The number of nitrogens with zero attached hydrogens (tertiary/aromatic N) is 1. The van der Waals surface area contributed by atoms with Crippen LogP contribution in [0.5, 0.6) is 0 Å². The van der Waals surface area contributed by atoms with Gasteiger partial charge < -0.3 is 4.74 Å². The standard InChI is InChI=1S/C17H15BrN2O3S/c1-2-23-17(22)15-13(12-7-4-8-24-12)14(19-20-15)16(21)10-5-3-6-11(18)9-10/h3-9,13-14,19H,2H2,1H3. The third kappa shape index (κ3) is 3.27. The van der Waals surface area contributed by atoms with E-state index in [0.29, 0.717) is 5.56 Å². The van der Waals surface area contributed by atoms with Crippen molar-refractivity contribution in [1.82, 2.24) is 5.43 Å². The van der Waals surface area contributed by atoms with Gasteiger partial charge in [0, 0.05) is 14.9 Å². The van der Waals surface area contributed by atoms with Gasteiger partial charge in [0.05, 0.1) is 12.5 Å². The molecule has 24 heavy (non-hydrogen) atoms. The SMILES string of the molecule is CCOC(=O)C1=NNC(C(=O)c2cccc(Br)c2)C1c1cccs1.